The largest absolute Gasteiger partial charge is 0.493 e. The molecule has 3 amide bonds. The number of carboxylic acids is 1. The normalized spacial score (nSPS) is 14.2. The first-order valence-electron chi connectivity index (χ1n) is 14.0. The Morgan fingerprint density at radius 2 is 1.83 bits per heavy atom. The van der Waals surface area contributed by atoms with Gasteiger partial charge >= 0.3 is 18.0 Å². The number of hydrogen-bond acceptors (Lipinski definition) is 9. The fourth-order valence-corrected chi connectivity index (χ4v) is 5.44. The molecule has 13 nitrogen and oxygen atoms in total. The lowest BCUT2D eigenvalue weighted by Crippen LogP contribution is -2.45. The number of hydrogen-bond donors (Lipinski definition) is 4. The van der Waals surface area contributed by atoms with Crippen molar-refractivity contribution >= 4 is 57.6 Å². The van der Waals surface area contributed by atoms with Crippen molar-refractivity contribution in [3.63, 3.8) is 0 Å². The van der Waals surface area contributed by atoms with E-state index in [-0.39, 0.29) is 40.9 Å². The summed E-state index contributed by atoms with van der Waals surface area (Å²) in [5, 5.41) is 18.6. The van der Waals surface area contributed by atoms with Gasteiger partial charge in [0.2, 0.25) is 0 Å². The van der Waals surface area contributed by atoms with Crippen molar-refractivity contribution in [3.05, 3.63) is 97.6 Å². The third-order valence-electron chi connectivity index (χ3n) is 6.65. The van der Waals surface area contributed by atoms with E-state index in [9.17, 15) is 19.2 Å². The van der Waals surface area contributed by atoms with Crippen LogP contribution in [-0.2, 0) is 20.9 Å². The Morgan fingerprint density at radius 3 is 2.49 bits per heavy atom. The molecule has 0 unspecified atom stereocenters. The van der Waals surface area contributed by atoms with Crippen molar-refractivity contribution in [1.82, 2.24) is 16.1 Å². The van der Waals surface area contributed by atoms with Gasteiger partial charge in [-0.1, -0.05) is 29.8 Å². The second-order valence-electron chi connectivity index (χ2n) is 9.89. The van der Waals surface area contributed by atoms with Crippen molar-refractivity contribution in [2.45, 2.75) is 26.5 Å². The molecule has 0 aromatic heterocycles. The number of rotatable bonds is 13. The number of carbonyl (C=O) groups is 4. The SMILES string of the molecule is CCOC(=O)C1=C(C)NC(=O)N[C@H]1c1ccc(OCC(=O)N/N=C\c2cc(Cl)c(OCc3ccc(C(=O)O)cc3)c(Br)c2)c(OC)c1. The summed E-state index contributed by atoms with van der Waals surface area (Å²) in [5.74, 6) is -1.24. The molecule has 1 atom stereocenters. The van der Waals surface area contributed by atoms with Crippen LogP contribution in [0.4, 0.5) is 4.79 Å². The van der Waals surface area contributed by atoms with E-state index in [0.717, 1.165) is 5.56 Å². The minimum Gasteiger partial charge on any atom is -0.493 e. The van der Waals surface area contributed by atoms with E-state index in [1.54, 1.807) is 56.3 Å². The summed E-state index contributed by atoms with van der Waals surface area (Å²) in [6.07, 6.45) is 1.39. The predicted octanol–water partition coefficient (Wildman–Crippen LogP) is 5.11. The lowest BCUT2D eigenvalue weighted by molar-refractivity contribution is -0.139. The standard InChI is InChI=1S/C32H30BrClN4O9/c1-4-45-31(42)27-17(2)36-32(43)37-28(27)21-9-10-24(25(13-21)44-3)46-16-26(39)38-35-14-19-11-22(33)29(23(34)12-19)47-15-18-5-7-20(8-6-18)30(40)41/h5-14,28H,4,15-16H2,1-3H3,(H,38,39)(H,40,41)(H2,36,37,43)/b35-14-/t28-/m0/s1. The van der Waals surface area contributed by atoms with Gasteiger partial charge in [0.15, 0.2) is 23.9 Å². The van der Waals surface area contributed by atoms with E-state index in [1.807, 2.05) is 0 Å². The Kier molecular flexibility index (Phi) is 11.8. The molecule has 1 aliphatic rings. The molecule has 0 saturated carbocycles. The zero-order chi connectivity index (χ0) is 34.1. The van der Waals surface area contributed by atoms with Crippen LogP contribution in [0.25, 0.3) is 0 Å². The molecule has 0 bridgehead atoms. The van der Waals surface area contributed by atoms with Gasteiger partial charge in [-0.15, -0.1) is 0 Å². The van der Waals surface area contributed by atoms with Gasteiger partial charge in [0.1, 0.15) is 6.61 Å². The average Bonchev–Trinajstić information content (AvgIpc) is 3.03. The topological polar surface area (TPSA) is 174 Å². The number of amides is 3. The first kappa shape index (κ1) is 34.8. The third kappa shape index (κ3) is 9.01. The van der Waals surface area contributed by atoms with Crippen LogP contribution in [-0.4, -0.2) is 55.5 Å². The molecule has 3 aromatic carbocycles. The van der Waals surface area contributed by atoms with Gasteiger partial charge < -0.3 is 34.7 Å². The van der Waals surface area contributed by atoms with Gasteiger partial charge in [0, 0.05) is 5.70 Å². The van der Waals surface area contributed by atoms with Gasteiger partial charge in [-0.3, -0.25) is 4.79 Å². The molecule has 0 radical (unpaired) electrons. The zero-order valence-electron chi connectivity index (χ0n) is 25.4. The first-order chi connectivity index (χ1) is 22.5. The van der Waals surface area contributed by atoms with Crippen LogP contribution in [0, 0.1) is 0 Å². The molecular weight excluding hydrogens is 700 g/mol. The number of nitrogens with one attached hydrogen (secondary N) is 3. The summed E-state index contributed by atoms with van der Waals surface area (Å²) in [6, 6.07) is 13.1. The summed E-state index contributed by atoms with van der Waals surface area (Å²) < 4.78 is 22.6. The van der Waals surface area contributed by atoms with Crippen LogP contribution < -0.4 is 30.3 Å². The van der Waals surface area contributed by atoms with Crippen LogP contribution >= 0.6 is 27.5 Å². The number of allylic oxidation sites excluding steroid dienone is 1. The summed E-state index contributed by atoms with van der Waals surface area (Å²) in [6.45, 7) is 3.23. The molecule has 4 N–H and O–H groups in total. The van der Waals surface area contributed by atoms with Crippen molar-refractivity contribution in [2.75, 3.05) is 20.3 Å². The van der Waals surface area contributed by atoms with E-state index in [4.69, 9.17) is 35.7 Å². The minimum absolute atomic E-state index is 0.162. The molecule has 47 heavy (non-hydrogen) atoms. The van der Waals surface area contributed by atoms with Crippen LogP contribution in [0.3, 0.4) is 0 Å². The van der Waals surface area contributed by atoms with E-state index < -0.39 is 36.5 Å². The molecule has 0 saturated heterocycles. The number of esters is 1. The molecule has 246 valence electrons. The number of carboxylic acid groups (broad SMARTS) is 1. The Bertz CT molecular complexity index is 1720. The Labute approximate surface area is 283 Å². The number of aromatic carboxylic acids is 1. The zero-order valence-corrected chi connectivity index (χ0v) is 27.7. The Hall–Kier alpha value is -5.08. The highest BCUT2D eigenvalue weighted by Crippen LogP contribution is 2.36. The van der Waals surface area contributed by atoms with E-state index in [0.29, 0.717) is 27.0 Å². The lowest BCUT2D eigenvalue weighted by Gasteiger charge is -2.28. The quantitative estimate of drug-likeness (QED) is 0.106. The van der Waals surface area contributed by atoms with Crippen LogP contribution in [0.2, 0.25) is 5.02 Å². The number of carbonyl (C=O) groups excluding carboxylic acids is 3. The summed E-state index contributed by atoms with van der Waals surface area (Å²) in [4.78, 5) is 48.2. The molecular formula is C32H30BrClN4O9. The third-order valence-corrected chi connectivity index (χ3v) is 7.52. The smallest absolute Gasteiger partial charge is 0.338 e. The van der Waals surface area contributed by atoms with E-state index in [1.165, 1.54) is 25.5 Å². The average molecular weight is 730 g/mol. The highest BCUT2D eigenvalue weighted by Gasteiger charge is 2.32. The summed E-state index contributed by atoms with van der Waals surface area (Å²) >= 11 is 9.83. The maximum atomic E-state index is 12.6. The molecule has 0 spiro atoms. The second-order valence-corrected chi connectivity index (χ2v) is 11.1. The molecule has 1 aliphatic heterocycles. The van der Waals surface area contributed by atoms with Crippen molar-refractivity contribution in [2.24, 2.45) is 5.10 Å². The van der Waals surface area contributed by atoms with E-state index in [2.05, 4.69) is 37.1 Å². The number of nitrogens with zero attached hydrogens (tertiary/aromatic N) is 1. The monoisotopic (exact) mass is 728 g/mol. The summed E-state index contributed by atoms with van der Waals surface area (Å²) in [7, 11) is 1.42. The summed E-state index contributed by atoms with van der Waals surface area (Å²) in [5.41, 5.74) is 5.03. The number of halogens is 2. The van der Waals surface area contributed by atoms with Gasteiger partial charge in [0.05, 0.1) is 46.6 Å². The maximum Gasteiger partial charge on any atom is 0.338 e. The number of methoxy groups -OCH3 is 1. The Morgan fingerprint density at radius 1 is 1.09 bits per heavy atom. The highest BCUT2D eigenvalue weighted by atomic mass is 79.9. The second kappa shape index (κ2) is 16.0. The maximum absolute atomic E-state index is 12.6. The lowest BCUT2D eigenvalue weighted by atomic mass is 9.95. The number of urea groups is 1. The van der Waals surface area contributed by atoms with Crippen molar-refractivity contribution in [3.8, 4) is 17.2 Å². The molecule has 0 fully saturated rings. The highest BCUT2D eigenvalue weighted by molar-refractivity contribution is 9.10. The first-order valence-corrected chi connectivity index (χ1v) is 15.2. The molecule has 15 heteroatoms. The number of ether oxygens (including phenoxy) is 4. The van der Waals surface area contributed by atoms with Gasteiger partial charge in [-0.2, -0.15) is 5.10 Å². The van der Waals surface area contributed by atoms with Gasteiger partial charge in [-0.25, -0.2) is 19.8 Å². The van der Waals surface area contributed by atoms with Gasteiger partial charge in [-0.05, 0) is 82.9 Å². The number of benzene rings is 3. The molecule has 3 aromatic rings. The van der Waals surface area contributed by atoms with Crippen molar-refractivity contribution in [1.29, 1.82) is 0 Å². The van der Waals surface area contributed by atoms with Crippen LogP contribution in [0.15, 0.2) is 75.4 Å². The molecule has 0 aliphatic carbocycles. The predicted molar refractivity (Wildman–Crippen MR) is 175 cm³/mol. The van der Waals surface area contributed by atoms with Gasteiger partial charge in [0.25, 0.3) is 5.91 Å². The number of hydrazone groups is 1. The van der Waals surface area contributed by atoms with E-state index >= 15 is 0 Å². The minimum atomic E-state index is -1.01. The fraction of sp³-hybridized carbons (Fsp3) is 0.219. The van der Waals surface area contributed by atoms with Crippen molar-refractivity contribution < 1.29 is 43.2 Å². The fourth-order valence-electron chi connectivity index (χ4n) is 4.45. The molecule has 4 rings (SSSR count). The van der Waals surface area contributed by atoms with Crippen LogP contribution in [0.1, 0.15) is 46.9 Å². The van der Waals surface area contributed by atoms with Crippen LogP contribution in [0.5, 0.6) is 17.2 Å². The Balaban J connectivity index is 1.34. The molecule has 1 heterocycles.